The molecule has 0 aromatic rings. The molecule has 0 spiro atoms. The van der Waals surface area contributed by atoms with Crippen LogP contribution in [0.5, 0.6) is 0 Å². The van der Waals surface area contributed by atoms with Crippen molar-refractivity contribution in [2.45, 2.75) is 83.0 Å². The summed E-state index contributed by atoms with van der Waals surface area (Å²) in [6.45, 7) is 2.82. The molecule has 15 heteroatoms. The first-order valence-corrected chi connectivity index (χ1v) is 12.6. The molecular weight excluding hydrogens is 534 g/mol. The number of rotatable bonds is 18. The van der Waals surface area contributed by atoms with Crippen LogP contribution in [0.25, 0.3) is 0 Å². The van der Waals surface area contributed by atoms with Crippen molar-refractivity contribution in [2.24, 2.45) is 23.3 Å². The number of amides is 3. The van der Waals surface area contributed by atoms with Crippen LogP contribution in [0, 0.1) is 11.8 Å². The summed E-state index contributed by atoms with van der Waals surface area (Å²) in [5, 5.41) is 19.6. The second kappa shape index (κ2) is 15.3. The minimum absolute atomic E-state index is 0.0895. The molecule has 0 bridgehead atoms. The molecule has 0 aromatic heterocycles. The van der Waals surface area contributed by atoms with Crippen LogP contribution < -0.4 is 16.8 Å². The topological polar surface area (TPSA) is 260 Å². The van der Waals surface area contributed by atoms with Crippen LogP contribution in [-0.2, 0) is 47.8 Å². The van der Waals surface area contributed by atoms with E-state index in [1.54, 1.807) is 6.92 Å². The Bertz CT molecular complexity index is 1060. The molecule has 7 N–H and O–H groups in total. The number of carbonyl (C=O) groups is 8. The van der Waals surface area contributed by atoms with Gasteiger partial charge in [0.2, 0.25) is 17.7 Å². The van der Waals surface area contributed by atoms with Crippen molar-refractivity contribution < 1.29 is 58.0 Å². The van der Waals surface area contributed by atoms with E-state index in [0.29, 0.717) is 44.3 Å². The lowest BCUT2D eigenvalue weighted by molar-refractivity contribution is -0.155. The molecule has 1 fully saturated rings. The number of unbranched alkanes of at least 4 members (excludes halogenated alkanes) is 3. The van der Waals surface area contributed by atoms with E-state index in [-0.39, 0.29) is 19.3 Å². The summed E-state index contributed by atoms with van der Waals surface area (Å²) in [5.74, 6) is -12.0. The zero-order valence-electron chi connectivity index (χ0n) is 22.3. The standard InChI is InChI=1S/C25H35N3O12/c1-13(39-17(33)11-9-15(29)30)7-5-3-4-6-8-14(40-18(34)12-10-16(31)32)21(35)19-20(22(26)36)25(2,24(27)38)28-23(19)37/h10,12-14,19-20H,3-9,11H2,1-2H3,(H2,26,36)(H2,27,38)(H,28,37)(H,29,30)(H,31,32). The fraction of sp³-hybridized carbons (Fsp3) is 0.600. The van der Waals surface area contributed by atoms with Gasteiger partial charge in [-0.2, -0.15) is 0 Å². The number of nitrogens with two attached hydrogens (primary N) is 2. The highest BCUT2D eigenvalue weighted by atomic mass is 16.5. The Kier molecular flexibility index (Phi) is 12.9. The Morgan fingerprint density at radius 3 is 2.08 bits per heavy atom. The van der Waals surface area contributed by atoms with Gasteiger partial charge in [-0.1, -0.05) is 12.8 Å². The summed E-state index contributed by atoms with van der Waals surface area (Å²) >= 11 is 0. The second-order valence-corrected chi connectivity index (χ2v) is 9.60. The number of esters is 2. The van der Waals surface area contributed by atoms with Gasteiger partial charge in [-0.05, 0) is 39.5 Å². The molecule has 0 aromatic carbocycles. The molecule has 222 valence electrons. The maximum absolute atomic E-state index is 13.3. The lowest BCUT2D eigenvalue weighted by Crippen LogP contribution is -2.57. The number of ketones is 1. The number of primary amides is 2. The highest BCUT2D eigenvalue weighted by Crippen LogP contribution is 2.34. The van der Waals surface area contributed by atoms with Crippen LogP contribution >= 0.6 is 0 Å². The van der Waals surface area contributed by atoms with Crippen LogP contribution in [-0.4, -0.2) is 75.3 Å². The van der Waals surface area contributed by atoms with E-state index in [9.17, 15) is 38.4 Å². The van der Waals surface area contributed by atoms with Gasteiger partial charge in [-0.25, -0.2) is 9.59 Å². The lowest BCUT2D eigenvalue weighted by atomic mass is 9.77. The number of carbonyl (C=O) groups excluding carboxylic acids is 6. The summed E-state index contributed by atoms with van der Waals surface area (Å²) < 4.78 is 10.3. The monoisotopic (exact) mass is 569 g/mol. The molecule has 0 saturated carbocycles. The molecule has 1 aliphatic rings. The first-order chi connectivity index (χ1) is 18.6. The molecule has 1 aliphatic heterocycles. The van der Waals surface area contributed by atoms with E-state index >= 15 is 0 Å². The number of carboxylic acid groups (broad SMARTS) is 2. The number of ether oxygens (including phenoxy) is 2. The van der Waals surface area contributed by atoms with Crippen molar-refractivity contribution >= 4 is 47.4 Å². The van der Waals surface area contributed by atoms with Crippen LogP contribution in [0.1, 0.15) is 65.2 Å². The Balaban J connectivity index is 2.83. The van der Waals surface area contributed by atoms with Crippen molar-refractivity contribution in [1.82, 2.24) is 5.32 Å². The van der Waals surface area contributed by atoms with Crippen molar-refractivity contribution in [1.29, 1.82) is 0 Å². The van der Waals surface area contributed by atoms with Crippen LogP contribution in [0.2, 0.25) is 0 Å². The smallest absolute Gasteiger partial charge is 0.331 e. The third-order valence-electron chi connectivity index (χ3n) is 6.39. The summed E-state index contributed by atoms with van der Waals surface area (Å²) in [7, 11) is 0. The molecule has 1 rings (SSSR count). The van der Waals surface area contributed by atoms with Crippen LogP contribution in [0.3, 0.4) is 0 Å². The summed E-state index contributed by atoms with van der Waals surface area (Å²) in [5.41, 5.74) is 8.78. The maximum atomic E-state index is 13.3. The average Bonchev–Trinajstić information content (AvgIpc) is 3.13. The fourth-order valence-electron chi connectivity index (χ4n) is 4.30. The van der Waals surface area contributed by atoms with Gasteiger partial charge >= 0.3 is 23.9 Å². The second-order valence-electron chi connectivity index (χ2n) is 9.60. The van der Waals surface area contributed by atoms with Crippen molar-refractivity contribution in [2.75, 3.05) is 0 Å². The Hall–Kier alpha value is -4.30. The molecular formula is C25H35N3O12. The molecule has 0 radical (unpaired) electrons. The van der Waals surface area contributed by atoms with Crippen molar-refractivity contribution in [3.8, 4) is 0 Å². The van der Waals surface area contributed by atoms with Gasteiger partial charge in [0, 0.05) is 12.2 Å². The molecule has 5 atom stereocenters. The SMILES string of the molecule is CC(CCCCCCC(OC(=O)C=CC(=O)O)C(=O)C1C(=O)NC(C)(C(N)=O)C1C(N)=O)OC(=O)CCC(=O)O. The molecule has 1 saturated heterocycles. The van der Waals surface area contributed by atoms with Gasteiger partial charge in [-0.3, -0.25) is 28.8 Å². The van der Waals surface area contributed by atoms with Crippen molar-refractivity contribution in [3.05, 3.63) is 12.2 Å². The zero-order valence-corrected chi connectivity index (χ0v) is 22.3. The maximum Gasteiger partial charge on any atom is 0.331 e. The normalized spacial score (nSPS) is 21.7. The van der Waals surface area contributed by atoms with Gasteiger partial charge in [0.25, 0.3) is 0 Å². The predicted molar refractivity (Wildman–Crippen MR) is 134 cm³/mol. The minimum atomic E-state index is -1.95. The molecule has 1 heterocycles. The van der Waals surface area contributed by atoms with E-state index in [1.165, 1.54) is 0 Å². The van der Waals surface area contributed by atoms with Crippen molar-refractivity contribution in [3.63, 3.8) is 0 Å². The number of hydrogen-bond donors (Lipinski definition) is 5. The Morgan fingerprint density at radius 2 is 1.55 bits per heavy atom. The van der Waals surface area contributed by atoms with Gasteiger partial charge in [0.05, 0.1) is 24.9 Å². The predicted octanol–water partition coefficient (Wildman–Crippen LogP) is -0.663. The summed E-state index contributed by atoms with van der Waals surface area (Å²) in [6.07, 6.45) is 0.957. The molecule has 5 unspecified atom stereocenters. The van der Waals surface area contributed by atoms with Gasteiger partial charge in [0.15, 0.2) is 11.9 Å². The number of aliphatic carboxylic acids is 2. The van der Waals surface area contributed by atoms with Gasteiger partial charge in [-0.15, -0.1) is 0 Å². The molecule has 0 aliphatic carbocycles. The third kappa shape index (κ3) is 10.1. The largest absolute Gasteiger partial charge is 0.481 e. The van der Waals surface area contributed by atoms with E-state index in [1.807, 2.05) is 0 Å². The van der Waals surface area contributed by atoms with E-state index in [4.69, 9.17) is 31.2 Å². The molecule has 15 nitrogen and oxygen atoms in total. The molecule has 3 amide bonds. The summed E-state index contributed by atoms with van der Waals surface area (Å²) in [6, 6.07) is 0. The van der Waals surface area contributed by atoms with E-state index in [0.717, 1.165) is 6.92 Å². The zero-order chi connectivity index (χ0) is 30.6. The van der Waals surface area contributed by atoms with E-state index in [2.05, 4.69) is 5.32 Å². The Morgan fingerprint density at radius 1 is 0.950 bits per heavy atom. The first-order valence-electron chi connectivity index (χ1n) is 12.6. The number of Topliss-reactive ketones (excluding diaryl/α,β-unsaturated/α-hetero) is 1. The number of hydrogen-bond acceptors (Lipinski definition) is 10. The highest BCUT2D eigenvalue weighted by molar-refractivity contribution is 6.13. The Labute approximate surface area is 229 Å². The third-order valence-corrected chi connectivity index (χ3v) is 6.39. The summed E-state index contributed by atoms with van der Waals surface area (Å²) in [4.78, 5) is 95.1. The molecule has 40 heavy (non-hydrogen) atoms. The average molecular weight is 570 g/mol. The van der Waals surface area contributed by atoms with Gasteiger partial charge in [0.1, 0.15) is 11.5 Å². The van der Waals surface area contributed by atoms with Crippen LogP contribution in [0.4, 0.5) is 0 Å². The lowest BCUT2D eigenvalue weighted by Gasteiger charge is -2.27. The number of nitrogens with one attached hydrogen (secondary N) is 1. The number of carboxylic acids is 2. The van der Waals surface area contributed by atoms with E-state index < -0.39 is 77.0 Å². The fourth-order valence-corrected chi connectivity index (χ4v) is 4.30. The quantitative estimate of drug-likeness (QED) is 0.0596. The first kappa shape index (κ1) is 33.7. The van der Waals surface area contributed by atoms with Gasteiger partial charge < -0.3 is 36.5 Å². The van der Waals surface area contributed by atoms with Crippen LogP contribution in [0.15, 0.2) is 12.2 Å². The highest BCUT2D eigenvalue weighted by Gasteiger charge is 2.60. The minimum Gasteiger partial charge on any atom is -0.481 e.